The maximum absolute atomic E-state index is 12.6. The maximum atomic E-state index is 12.6. The fourth-order valence-electron chi connectivity index (χ4n) is 1.46. The van der Waals surface area contributed by atoms with Gasteiger partial charge in [-0.1, -0.05) is 31.9 Å². The first-order valence-corrected chi connectivity index (χ1v) is 5.78. The van der Waals surface area contributed by atoms with E-state index in [0.29, 0.717) is 18.3 Å². The highest BCUT2D eigenvalue weighted by Gasteiger charge is 2.27. The Morgan fingerprint density at radius 2 is 1.94 bits per heavy atom. The number of ether oxygens (including phenoxy) is 1. The van der Waals surface area contributed by atoms with Crippen LogP contribution in [0, 0.1) is 12.8 Å². The molecule has 1 atom stereocenters. The molecule has 0 radical (unpaired) electrons. The molecule has 0 fully saturated rings. The Hall–Kier alpha value is -1.13. The van der Waals surface area contributed by atoms with E-state index in [2.05, 4.69) is 6.92 Å². The number of halogens is 3. The number of hydrogen-bond donors (Lipinski definition) is 0. The van der Waals surface area contributed by atoms with E-state index in [1.54, 1.807) is 0 Å². The summed E-state index contributed by atoms with van der Waals surface area (Å²) in [4.78, 5) is 0. The topological polar surface area (TPSA) is 9.23 Å². The molecular formula is C12H17BF3O-. The van der Waals surface area contributed by atoms with Gasteiger partial charge in [0.25, 0.3) is 0 Å². The van der Waals surface area contributed by atoms with E-state index in [-0.39, 0.29) is 5.56 Å². The van der Waals surface area contributed by atoms with Gasteiger partial charge in [-0.05, 0) is 25.0 Å². The van der Waals surface area contributed by atoms with Crippen LogP contribution in [-0.2, 0) is 0 Å². The van der Waals surface area contributed by atoms with Crippen LogP contribution in [0.3, 0.4) is 0 Å². The molecule has 0 aliphatic rings. The lowest BCUT2D eigenvalue weighted by atomic mass is 9.77. The second-order valence-corrected chi connectivity index (χ2v) is 4.42. The smallest absolute Gasteiger partial charge is 0.493 e. The van der Waals surface area contributed by atoms with Crippen LogP contribution in [0.25, 0.3) is 0 Å². The van der Waals surface area contributed by atoms with Crippen molar-refractivity contribution in [1.29, 1.82) is 0 Å². The highest BCUT2D eigenvalue weighted by Crippen LogP contribution is 2.18. The summed E-state index contributed by atoms with van der Waals surface area (Å²) in [5.74, 6) is 0.911. The molecule has 0 heterocycles. The highest BCUT2D eigenvalue weighted by molar-refractivity contribution is 6.74. The van der Waals surface area contributed by atoms with E-state index in [4.69, 9.17) is 4.74 Å². The normalized spacial score (nSPS) is 13.5. The predicted molar refractivity (Wildman–Crippen MR) is 64.8 cm³/mol. The second kappa shape index (κ2) is 5.47. The van der Waals surface area contributed by atoms with Gasteiger partial charge in [-0.3, -0.25) is 0 Å². The van der Waals surface area contributed by atoms with E-state index < -0.39 is 12.4 Å². The van der Waals surface area contributed by atoms with Gasteiger partial charge in [-0.2, -0.15) is 0 Å². The van der Waals surface area contributed by atoms with E-state index in [9.17, 15) is 12.9 Å². The van der Waals surface area contributed by atoms with Gasteiger partial charge in [0.2, 0.25) is 0 Å². The van der Waals surface area contributed by atoms with Crippen molar-refractivity contribution in [3.05, 3.63) is 23.8 Å². The van der Waals surface area contributed by atoms with E-state index in [1.807, 2.05) is 6.92 Å². The molecule has 17 heavy (non-hydrogen) atoms. The zero-order valence-electron chi connectivity index (χ0n) is 10.3. The van der Waals surface area contributed by atoms with E-state index in [1.165, 1.54) is 19.1 Å². The number of benzene rings is 1. The first-order valence-electron chi connectivity index (χ1n) is 5.78. The largest absolute Gasteiger partial charge is 0.509 e. The van der Waals surface area contributed by atoms with E-state index >= 15 is 0 Å². The Kier molecular flexibility index (Phi) is 4.49. The van der Waals surface area contributed by atoms with Gasteiger partial charge in [0.05, 0.1) is 6.61 Å². The van der Waals surface area contributed by atoms with Gasteiger partial charge >= 0.3 is 6.98 Å². The molecule has 1 aromatic carbocycles. The van der Waals surface area contributed by atoms with Gasteiger partial charge in [-0.25, -0.2) is 0 Å². The molecule has 0 aromatic heterocycles. The number of aryl methyl sites for hydroxylation is 1. The molecular weight excluding hydrogens is 228 g/mol. The van der Waals surface area contributed by atoms with Crippen LogP contribution in [0.4, 0.5) is 12.9 Å². The number of rotatable bonds is 5. The van der Waals surface area contributed by atoms with Gasteiger partial charge < -0.3 is 17.7 Å². The van der Waals surface area contributed by atoms with Crippen LogP contribution in [-0.4, -0.2) is 13.6 Å². The Morgan fingerprint density at radius 1 is 1.29 bits per heavy atom. The summed E-state index contributed by atoms with van der Waals surface area (Å²) < 4.78 is 43.2. The van der Waals surface area contributed by atoms with Crippen molar-refractivity contribution in [3.63, 3.8) is 0 Å². The van der Waals surface area contributed by atoms with Gasteiger partial charge in [0.1, 0.15) is 5.75 Å². The van der Waals surface area contributed by atoms with Crippen LogP contribution < -0.4 is 10.2 Å². The molecule has 96 valence electrons. The SMILES string of the molecule is CCC(C)COc1ccc([B-](F)(F)F)c(C)c1. The van der Waals surface area contributed by atoms with Crippen molar-refractivity contribution >= 4 is 12.4 Å². The quantitative estimate of drug-likeness (QED) is 0.721. The predicted octanol–water partition coefficient (Wildman–Crippen LogP) is 3.47. The fraction of sp³-hybridized carbons (Fsp3) is 0.500. The highest BCUT2D eigenvalue weighted by atomic mass is 19.4. The maximum Gasteiger partial charge on any atom is 0.509 e. The molecule has 0 amide bonds. The van der Waals surface area contributed by atoms with Crippen LogP contribution >= 0.6 is 0 Å². The van der Waals surface area contributed by atoms with Crippen LogP contribution in [0.2, 0.25) is 0 Å². The molecule has 5 heteroatoms. The molecule has 0 bridgehead atoms. The Bertz CT molecular complexity index is 377. The van der Waals surface area contributed by atoms with Crippen molar-refractivity contribution in [2.45, 2.75) is 27.2 Å². The van der Waals surface area contributed by atoms with Gasteiger partial charge in [0, 0.05) is 0 Å². The monoisotopic (exact) mass is 245 g/mol. The van der Waals surface area contributed by atoms with Crippen molar-refractivity contribution in [2.24, 2.45) is 5.92 Å². The van der Waals surface area contributed by atoms with Crippen molar-refractivity contribution < 1.29 is 17.7 Å². The Labute approximate surface area is 100 Å². The molecule has 1 unspecified atom stereocenters. The summed E-state index contributed by atoms with van der Waals surface area (Å²) >= 11 is 0. The minimum Gasteiger partial charge on any atom is -0.493 e. The number of hydrogen-bond acceptors (Lipinski definition) is 1. The first kappa shape index (κ1) is 13.9. The zero-order valence-corrected chi connectivity index (χ0v) is 10.3. The summed E-state index contributed by atoms with van der Waals surface area (Å²) in [5, 5.41) is 0. The molecule has 1 nitrogen and oxygen atoms in total. The van der Waals surface area contributed by atoms with Crippen LogP contribution in [0.15, 0.2) is 18.2 Å². The fourth-order valence-corrected chi connectivity index (χ4v) is 1.46. The van der Waals surface area contributed by atoms with Crippen molar-refractivity contribution in [1.82, 2.24) is 0 Å². The third-order valence-electron chi connectivity index (χ3n) is 2.83. The Morgan fingerprint density at radius 3 is 2.41 bits per heavy atom. The second-order valence-electron chi connectivity index (χ2n) is 4.42. The summed E-state index contributed by atoms with van der Waals surface area (Å²) in [7, 11) is 0. The third kappa shape index (κ3) is 3.98. The Balaban J connectivity index is 2.76. The molecule has 0 N–H and O–H groups in total. The minimum atomic E-state index is -4.93. The molecule has 0 spiro atoms. The lowest BCUT2D eigenvalue weighted by molar-refractivity contribution is 0.256. The molecule has 0 saturated heterocycles. The molecule has 1 aromatic rings. The van der Waals surface area contributed by atoms with Gasteiger partial charge in [-0.15, -0.1) is 5.46 Å². The summed E-state index contributed by atoms with van der Waals surface area (Å²) in [6.07, 6.45) is 0.989. The summed E-state index contributed by atoms with van der Waals surface area (Å²) in [5.41, 5.74) is -0.319. The van der Waals surface area contributed by atoms with E-state index in [0.717, 1.165) is 12.5 Å². The minimum absolute atomic E-state index is 0.221. The molecule has 1 rings (SSSR count). The first-order chi connectivity index (χ1) is 7.84. The molecule has 0 saturated carbocycles. The van der Waals surface area contributed by atoms with Gasteiger partial charge in [0.15, 0.2) is 0 Å². The van der Waals surface area contributed by atoms with Crippen LogP contribution in [0.5, 0.6) is 5.75 Å². The van der Waals surface area contributed by atoms with Crippen molar-refractivity contribution in [3.8, 4) is 5.75 Å². The standard InChI is InChI=1S/C12H17BF3O/c1-4-9(2)8-17-11-5-6-12(10(3)7-11)13(14,15)16/h5-7,9H,4,8H2,1-3H3/q-1. The zero-order chi connectivity index (χ0) is 13.1. The van der Waals surface area contributed by atoms with Crippen LogP contribution in [0.1, 0.15) is 25.8 Å². The summed E-state index contributed by atoms with van der Waals surface area (Å²) in [6, 6.07) is 3.94. The van der Waals surface area contributed by atoms with Crippen molar-refractivity contribution in [2.75, 3.05) is 6.61 Å². The third-order valence-corrected chi connectivity index (χ3v) is 2.83. The average Bonchev–Trinajstić information content (AvgIpc) is 2.24. The average molecular weight is 245 g/mol. The lowest BCUT2D eigenvalue weighted by Gasteiger charge is -2.19. The molecule has 0 aliphatic heterocycles. The summed E-state index contributed by atoms with van der Waals surface area (Å²) in [6.45, 7) is 1.16. The lowest BCUT2D eigenvalue weighted by Crippen LogP contribution is -2.35. The molecule has 0 aliphatic carbocycles.